The number of nitrogen functional groups attached to an aromatic ring is 2. The van der Waals surface area contributed by atoms with E-state index < -0.39 is 10.5 Å². The molecule has 0 amide bonds. The highest BCUT2D eigenvalue weighted by Gasteiger charge is 2.12. The second-order valence-corrected chi connectivity index (χ2v) is 3.63. The largest absolute Gasteiger partial charge is 0.382 e. The lowest BCUT2D eigenvalue weighted by Crippen LogP contribution is -2.12. The molecule has 0 radical (unpaired) electrons. The molecule has 0 spiro atoms. The first kappa shape index (κ1) is 13.1. The van der Waals surface area contributed by atoms with Crippen molar-refractivity contribution in [2.24, 2.45) is 10.2 Å². The number of nitrogens with zero attached hydrogens (tertiary/aromatic N) is 4. The molecule has 10 nitrogen and oxygen atoms in total. The maximum absolute atomic E-state index is 11.6. The number of hydrogen-bond acceptors (Lipinski definition) is 8. The molecule has 2 aromatic rings. The molecule has 2 rings (SSSR count). The zero-order chi connectivity index (χ0) is 14.7. The summed E-state index contributed by atoms with van der Waals surface area (Å²) in [5, 5.41) is 18.0. The van der Waals surface area contributed by atoms with Gasteiger partial charge in [-0.2, -0.15) is 4.98 Å². The first-order valence-electron chi connectivity index (χ1n) is 5.29. The SMILES string of the molecule is Nc1nc(N)c(N=Nc2ccccc2[N+](=O)[O-])c(=O)[nH]1. The van der Waals surface area contributed by atoms with Gasteiger partial charge in [-0.15, -0.1) is 10.2 Å². The van der Waals surface area contributed by atoms with Gasteiger partial charge in [0.1, 0.15) is 0 Å². The Balaban J connectivity index is 2.46. The molecular formula is C10H9N7O3. The number of benzene rings is 1. The molecule has 0 atom stereocenters. The van der Waals surface area contributed by atoms with Crippen molar-refractivity contribution in [3.63, 3.8) is 0 Å². The van der Waals surface area contributed by atoms with Crippen LogP contribution in [-0.4, -0.2) is 14.9 Å². The molecule has 0 aliphatic rings. The van der Waals surface area contributed by atoms with Crippen LogP contribution >= 0.6 is 0 Å². The molecule has 20 heavy (non-hydrogen) atoms. The number of para-hydroxylation sites is 1. The van der Waals surface area contributed by atoms with Crippen molar-refractivity contribution in [1.82, 2.24) is 9.97 Å². The summed E-state index contributed by atoms with van der Waals surface area (Å²) in [7, 11) is 0. The Labute approximate surface area is 111 Å². The molecule has 0 fully saturated rings. The van der Waals surface area contributed by atoms with Crippen LogP contribution in [0.1, 0.15) is 0 Å². The van der Waals surface area contributed by atoms with E-state index in [4.69, 9.17) is 11.5 Å². The summed E-state index contributed by atoms with van der Waals surface area (Å²) < 4.78 is 0. The van der Waals surface area contributed by atoms with Gasteiger partial charge in [0, 0.05) is 6.07 Å². The molecule has 5 N–H and O–H groups in total. The van der Waals surface area contributed by atoms with Gasteiger partial charge in [-0.1, -0.05) is 12.1 Å². The summed E-state index contributed by atoms with van der Waals surface area (Å²) in [6.45, 7) is 0. The van der Waals surface area contributed by atoms with E-state index >= 15 is 0 Å². The number of H-pyrrole nitrogens is 1. The molecule has 0 aliphatic heterocycles. The fourth-order valence-corrected chi connectivity index (χ4v) is 1.41. The second kappa shape index (κ2) is 5.14. The second-order valence-electron chi connectivity index (χ2n) is 3.63. The van der Waals surface area contributed by atoms with E-state index in [1.54, 1.807) is 6.07 Å². The number of rotatable bonds is 3. The Morgan fingerprint density at radius 3 is 2.60 bits per heavy atom. The van der Waals surface area contributed by atoms with Gasteiger partial charge in [0.2, 0.25) is 5.95 Å². The van der Waals surface area contributed by atoms with Crippen molar-refractivity contribution in [2.75, 3.05) is 11.5 Å². The molecule has 0 unspecified atom stereocenters. The van der Waals surface area contributed by atoms with E-state index in [1.165, 1.54) is 18.2 Å². The Morgan fingerprint density at radius 2 is 1.95 bits per heavy atom. The number of hydrogen-bond donors (Lipinski definition) is 3. The van der Waals surface area contributed by atoms with E-state index in [-0.39, 0.29) is 28.8 Å². The van der Waals surface area contributed by atoms with Crippen LogP contribution < -0.4 is 17.0 Å². The number of aromatic amines is 1. The summed E-state index contributed by atoms with van der Waals surface area (Å²) in [6.07, 6.45) is 0. The molecule has 102 valence electrons. The van der Waals surface area contributed by atoms with Crippen molar-refractivity contribution in [3.05, 3.63) is 44.7 Å². The van der Waals surface area contributed by atoms with Gasteiger partial charge in [0.25, 0.3) is 11.2 Å². The van der Waals surface area contributed by atoms with E-state index in [1.807, 2.05) is 0 Å². The molecule has 10 heteroatoms. The predicted octanol–water partition coefficient (Wildman–Crippen LogP) is 1.26. The normalized spacial score (nSPS) is 10.8. The molecule has 0 aliphatic carbocycles. The highest BCUT2D eigenvalue weighted by Crippen LogP contribution is 2.28. The van der Waals surface area contributed by atoms with Gasteiger partial charge in [0.05, 0.1) is 4.92 Å². The van der Waals surface area contributed by atoms with E-state index in [0.29, 0.717) is 0 Å². The summed E-state index contributed by atoms with van der Waals surface area (Å²) in [5.41, 5.74) is 9.58. The maximum atomic E-state index is 11.6. The Hall–Kier alpha value is -3.30. The number of nitro groups is 1. The Morgan fingerprint density at radius 1 is 1.25 bits per heavy atom. The number of aromatic nitrogens is 2. The third kappa shape index (κ3) is 2.58. The van der Waals surface area contributed by atoms with Crippen LogP contribution in [0.4, 0.5) is 28.8 Å². The van der Waals surface area contributed by atoms with E-state index in [2.05, 4.69) is 20.2 Å². The summed E-state index contributed by atoms with van der Waals surface area (Å²) in [5.74, 6) is -0.370. The maximum Gasteiger partial charge on any atom is 0.296 e. The average Bonchev–Trinajstić information content (AvgIpc) is 2.37. The van der Waals surface area contributed by atoms with Crippen molar-refractivity contribution >= 4 is 28.8 Å². The lowest BCUT2D eigenvalue weighted by atomic mass is 10.3. The van der Waals surface area contributed by atoms with Crippen LogP contribution in [0.25, 0.3) is 0 Å². The van der Waals surface area contributed by atoms with Crippen molar-refractivity contribution in [1.29, 1.82) is 0 Å². The fraction of sp³-hybridized carbons (Fsp3) is 0. The highest BCUT2D eigenvalue weighted by molar-refractivity contribution is 5.59. The van der Waals surface area contributed by atoms with Crippen LogP contribution in [0.3, 0.4) is 0 Å². The molecule has 0 saturated carbocycles. The Bertz CT molecular complexity index is 753. The number of nitro benzene ring substituents is 1. The quantitative estimate of drug-likeness (QED) is 0.433. The molecule has 1 aromatic carbocycles. The first-order chi connectivity index (χ1) is 9.49. The highest BCUT2D eigenvalue weighted by atomic mass is 16.6. The first-order valence-corrected chi connectivity index (χ1v) is 5.29. The van der Waals surface area contributed by atoms with Crippen molar-refractivity contribution < 1.29 is 4.92 Å². The van der Waals surface area contributed by atoms with Gasteiger partial charge >= 0.3 is 0 Å². The summed E-state index contributed by atoms with van der Waals surface area (Å²) in [6, 6.07) is 5.69. The van der Waals surface area contributed by atoms with Crippen LogP contribution in [-0.2, 0) is 0 Å². The smallest absolute Gasteiger partial charge is 0.296 e. The number of nitrogens with two attached hydrogens (primary N) is 2. The van der Waals surface area contributed by atoms with Gasteiger partial charge in [0.15, 0.2) is 17.2 Å². The van der Waals surface area contributed by atoms with Crippen LogP contribution in [0.5, 0.6) is 0 Å². The third-order valence-electron chi connectivity index (χ3n) is 2.28. The number of anilines is 2. The summed E-state index contributed by atoms with van der Waals surface area (Å²) in [4.78, 5) is 27.6. The zero-order valence-electron chi connectivity index (χ0n) is 9.98. The van der Waals surface area contributed by atoms with Crippen LogP contribution in [0, 0.1) is 10.1 Å². The van der Waals surface area contributed by atoms with Crippen molar-refractivity contribution in [2.45, 2.75) is 0 Å². The molecule has 0 saturated heterocycles. The minimum atomic E-state index is -0.683. The van der Waals surface area contributed by atoms with Gasteiger partial charge in [-0.3, -0.25) is 19.9 Å². The van der Waals surface area contributed by atoms with Gasteiger partial charge in [-0.05, 0) is 6.07 Å². The third-order valence-corrected chi connectivity index (χ3v) is 2.28. The standard InChI is InChI=1S/C10H9N7O3/c11-8-7(9(18)14-10(12)13-8)16-15-5-3-1-2-4-6(5)17(19)20/h1-4H,(H5,11,12,13,14,18). The Kier molecular flexibility index (Phi) is 3.37. The average molecular weight is 275 g/mol. The monoisotopic (exact) mass is 275 g/mol. The van der Waals surface area contributed by atoms with Gasteiger partial charge in [-0.25, -0.2) is 0 Å². The van der Waals surface area contributed by atoms with Gasteiger partial charge < -0.3 is 11.5 Å². The minimum absolute atomic E-state index is 0.00637. The van der Waals surface area contributed by atoms with Crippen LogP contribution in [0.15, 0.2) is 39.3 Å². The fourth-order valence-electron chi connectivity index (χ4n) is 1.41. The minimum Gasteiger partial charge on any atom is -0.382 e. The lowest BCUT2D eigenvalue weighted by molar-refractivity contribution is -0.384. The van der Waals surface area contributed by atoms with E-state index in [9.17, 15) is 14.9 Å². The molecule has 0 bridgehead atoms. The zero-order valence-corrected chi connectivity index (χ0v) is 9.98. The van der Waals surface area contributed by atoms with Crippen molar-refractivity contribution in [3.8, 4) is 0 Å². The number of nitrogens with one attached hydrogen (secondary N) is 1. The molecule has 1 aromatic heterocycles. The van der Waals surface area contributed by atoms with Crippen LogP contribution in [0.2, 0.25) is 0 Å². The summed E-state index contributed by atoms with van der Waals surface area (Å²) >= 11 is 0. The topological polar surface area (TPSA) is 166 Å². The molecule has 1 heterocycles. The molecular weight excluding hydrogens is 266 g/mol. The number of azo groups is 1. The predicted molar refractivity (Wildman–Crippen MR) is 71.0 cm³/mol. The van der Waals surface area contributed by atoms with E-state index in [0.717, 1.165) is 0 Å². The lowest BCUT2D eigenvalue weighted by Gasteiger charge is -1.99.